The van der Waals surface area contributed by atoms with Gasteiger partial charge in [0, 0.05) is 25.5 Å². The fourth-order valence-corrected chi connectivity index (χ4v) is 3.27. The molecule has 0 saturated carbocycles. The van der Waals surface area contributed by atoms with E-state index in [2.05, 4.69) is 11.2 Å². The van der Waals surface area contributed by atoms with E-state index in [1.54, 1.807) is 30.3 Å². The molecular formula is C25H26F4N2O4. The molecule has 0 aliphatic rings. The Kier molecular flexibility index (Phi) is 10.2. The summed E-state index contributed by atoms with van der Waals surface area (Å²) in [7, 11) is 0. The molecule has 0 aliphatic carbocycles. The Morgan fingerprint density at radius 2 is 1.77 bits per heavy atom. The van der Waals surface area contributed by atoms with Gasteiger partial charge in [-0.2, -0.15) is 0 Å². The molecule has 0 fully saturated rings. The Labute approximate surface area is 200 Å². The van der Waals surface area contributed by atoms with Gasteiger partial charge in [-0.1, -0.05) is 42.3 Å². The molecule has 0 radical (unpaired) electrons. The summed E-state index contributed by atoms with van der Waals surface area (Å²) in [6, 6.07) is 11.8. The Morgan fingerprint density at radius 1 is 1.14 bits per heavy atom. The van der Waals surface area contributed by atoms with Gasteiger partial charge in [-0.05, 0) is 17.7 Å². The van der Waals surface area contributed by atoms with E-state index in [4.69, 9.17) is 11.2 Å². The zero-order valence-electron chi connectivity index (χ0n) is 19.0. The summed E-state index contributed by atoms with van der Waals surface area (Å²) in [5, 5.41) is 12.9. The summed E-state index contributed by atoms with van der Waals surface area (Å²) >= 11 is 0. The molecule has 35 heavy (non-hydrogen) atoms. The van der Waals surface area contributed by atoms with E-state index >= 15 is 0 Å². The molecule has 0 heterocycles. The SMILES string of the molecule is C#CCOC(Cc1ccccc1)C(O)C(=O)N(CC(=O)NCc1c(F)cccc1F)CC(C)(F)F. The lowest BCUT2D eigenvalue weighted by atomic mass is 10.0. The highest BCUT2D eigenvalue weighted by Gasteiger charge is 2.36. The number of halogens is 4. The van der Waals surface area contributed by atoms with Gasteiger partial charge in [0.05, 0.1) is 19.2 Å². The van der Waals surface area contributed by atoms with E-state index in [1.807, 2.05) is 0 Å². The zero-order chi connectivity index (χ0) is 26.0. The average Bonchev–Trinajstić information content (AvgIpc) is 2.80. The van der Waals surface area contributed by atoms with Crippen LogP contribution in [0, 0.1) is 24.0 Å². The number of aliphatic hydroxyl groups is 1. The van der Waals surface area contributed by atoms with Crippen LogP contribution in [0.2, 0.25) is 0 Å². The van der Waals surface area contributed by atoms with Gasteiger partial charge in [-0.25, -0.2) is 17.6 Å². The predicted octanol–water partition coefficient (Wildman–Crippen LogP) is 2.69. The van der Waals surface area contributed by atoms with Gasteiger partial charge >= 0.3 is 0 Å². The molecule has 2 unspecified atom stereocenters. The van der Waals surface area contributed by atoms with Crippen LogP contribution < -0.4 is 5.32 Å². The van der Waals surface area contributed by atoms with Crippen LogP contribution in [-0.2, 0) is 27.3 Å². The Morgan fingerprint density at radius 3 is 2.34 bits per heavy atom. The molecule has 0 bridgehead atoms. The van der Waals surface area contributed by atoms with Gasteiger partial charge in [-0.15, -0.1) is 6.42 Å². The number of amides is 2. The lowest BCUT2D eigenvalue weighted by Gasteiger charge is -2.30. The summed E-state index contributed by atoms with van der Waals surface area (Å²) in [6.45, 7) is -2.34. The minimum atomic E-state index is -3.40. The zero-order valence-corrected chi connectivity index (χ0v) is 19.0. The van der Waals surface area contributed by atoms with Crippen molar-refractivity contribution in [1.82, 2.24) is 10.2 Å². The molecule has 0 aromatic heterocycles. The van der Waals surface area contributed by atoms with Gasteiger partial charge in [0.15, 0.2) is 6.10 Å². The van der Waals surface area contributed by atoms with Crippen molar-refractivity contribution in [2.75, 3.05) is 19.7 Å². The molecule has 2 atom stereocenters. The van der Waals surface area contributed by atoms with Crippen molar-refractivity contribution in [2.45, 2.75) is 38.0 Å². The molecule has 0 saturated heterocycles. The topological polar surface area (TPSA) is 78.9 Å². The number of aliphatic hydroxyl groups excluding tert-OH is 1. The molecule has 0 spiro atoms. The summed E-state index contributed by atoms with van der Waals surface area (Å²) in [5.74, 6) is -5.13. The van der Waals surface area contributed by atoms with Crippen LogP contribution in [0.5, 0.6) is 0 Å². The smallest absolute Gasteiger partial charge is 0.262 e. The molecule has 2 rings (SSSR count). The number of alkyl halides is 2. The van der Waals surface area contributed by atoms with E-state index in [0.717, 1.165) is 18.2 Å². The third kappa shape index (κ3) is 9.03. The van der Waals surface area contributed by atoms with Gasteiger partial charge in [-0.3, -0.25) is 9.59 Å². The fourth-order valence-electron chi connectivity index (χ4n) is 3.27. The quantitative estimate of drug-likeness (QED) is 0.351. The molecule has 2 aromatic carbocycles. The Hall–Kier alpha value is -3.42. The highest BCUT2D eigenvalue weighted by Crippen LogP contribution is 2.18. The van der Waals surface area contributed by atoms with Crippen molar-refractivity contribution in [2.24, 2.45) is 0 Å². The van der Waals surface area contributed by atoms with Crippen LogP contribution in [0.4, 0.5) is 17.6 Å². The van der Waals surface area contributed by atoms with Gasteiger partial charge in [0.25, 0.3) is 11.8 Å². The molecule has 2 amide bonds. The molecule has 2 N–H and O–H groups in total. The van der Waals surface area contributed by atoms with Crippen molar-refractivity contribution < 1.29 is 37.0 Å². The molecule has 188 valence electrons. The highest BCUT2D eigenvalue weighted by molar-refractivity contribution is 5.87. The summed E-state index contributed by atoms with van der Waals surface area (Å²) in [4.78, 5) is 25.8. The van der Waals surface area contributed by atoms with Crippen LogP contribution in [0.15, 0.2) is 48.5 Å². The number of terminal acetylenes is 1. The standard InChI is InChI=1S/C25H26F4N2O4/c1-3-12-35-21(13-17-8-5-4-6-9-17)23(33)24(34)31(16-25(2,28)29)15-22(32)30-14-18-19(26)10-7-11-20(18)27/h1,4-11,21,23,33H,12-16H2,2H3,(H,30,32). The van der Waals surface area contributed by atoms with Crippen LogP contribution in [0.25, 0.3) is 0 Å². The Bertz CT molecular complexity index is 1020. The summed E-state index contributed by atoms with van der Waals surface area (Å²) in [5.41, 5.74) is 0.267. The van der Waals surface area contributed by atoms with Gasteiger partial charge in [0.1, 0.15) is 18.2 Å². The minimum absolute atomic E-state index is 0.0462. The number of carbonyl (C=O) groups excluding carboxylic acids is 2. The van der Waals surface area contributed by atoms with E-state index in [0.29, 0.717) is 17.4 Å². The van der Waals surface area contributed by atoms with Crippen LogP contribution in [0.3, 0.4) is 0 Å². The molecular weight excluding hydrogens is 468 g/mol. The van der Waals surface area contributed by atoms with E-state index in [-0.39, 0.29) is 13.0 Å². The van der Waals surface area contributed by atoms with Crippen LogP contribution in [0.1, 0.15) is 18.1 Å². The number of rotatable bonds is 12. The second kappa shape index (κ2) is 12.9. The normalized spacial score (nSPS) is 12.9. The first-order valence-electron chi connectivity index (χ1n) is 10.6. The average molecular weight is 494 g/mol. The van der Waals surface area contributed by atoms with Gasteiger partial charge < -0.3 is 20.1 Å². The number of ether oxygens (including phenoxy) is 1. The largest absolute Gasteiger partial charge is 0.380 e. The number of nitrogens with zero attached hydrogens (tertiary/aromatic N) is 1. The number of hydrogen-bond donors (Lipinski definition) is 2. The lowest BCUT2D eigenvalue weighted by molar-refractivity contribution is -0.155. The summed E-state index contributed by atoms with van der Waals surface area (Å²) in [6.07, 6.45) is 2.16. The number of nitrogens with one attached hydrogen (secondary N) is 1. The van der Waals surface area contributed by atoms with Crippen LogP contribution >= 0.6 is 0 Å². The number of benzene rings is 2. The fraction of sp³-hybridized carbons (Fsp3) is 0.360. The van der Waals surface area contributed by atoms with E-state index in [1.165, 1.54) is 0 Å². The van der Waals surface area contributed by atoms with Gasteiger partial charge in [0.2, 0.25) is 5.91 Å². The van der Waals surface area contributed by atoms with E-state index < -0.39 is 66.8 Å². The second-order valence-corrected chi connectivity index (χ2v) is 7.93. The molecule has 0 aliphatic heterocycles. The third-order valence-electron chi connectivity index (χ3n) is 4.90. The van der Waals surface area contributed by atoms with Crippen LogP contribution in [-0.4, -0.2) is 59.6 Å². The maximum atomic E-state index is 13.8. The maximum Gasteiger partial charge on any atom is 0.262 e. The van der Waals surface area contributed by atoms with Crippen molar-refractivity contribution in [1.29, 1.82) is 0 Å². The first-order valence-corrected chi connectivity index (χ1v) is 10.6. The molecule has 10 heteroatoms. The van der Waals surface area contributed by atoms with Crippen molar-refractivity contribution in [3.05, 3.63) is 71.3 Å². The van der Waals surface area contributed by atoms with Crippen molar-refractivity contribution in [3.8, 4) is 12.3 Å². The first kappa shape index (κ1) is 27.8. The summed E-state index contributed by atoms with van der Waals surface area (Å²) < 4.78 is 60.5. The second-order valence-electron chi connectivity index (χ2n) is 7.93. The predicted molar refractivity (Wildman–Crippen MR) is 120 cm³/mol. The molecule has 2 aromatic rings. The van der Waals surface area contributed by atoms with Crippen molar-refractivity contribution in [3.63, 3.8) is 0 Å². The lowest BCUT2D eigenvalue weighted by Crippen LogP contribution is -2.52. The number of carbonyl (C=O) groups is 2. The number of hydrogen-bond acceptors (Lipinski definition) is 4. The maximum absolute atomic E-state index is 13.8. The first-order chi connectivity index (χ1) is 16.5. The van der Waals surface area contributed by atoms with Crippen molar-refractivity contribution >= 4 is 11.8 Å². The third-order valence-corrected chi connectivity index (χ3v) is 4.90. The molecule has 6 nitrogen and oxygen atoms in total. The Balaban J connectivity index is 2.15. The van der Waals surface area contributed by atoms with E-state index in [9.17, 15) is 32.3 Å². The monoisotopic (exact) mass is 494 g/mol. The highest BCUT2D eigenvalue weighted by atomic mass is 19.3. The minimum Gasteiger partial charge on any atom is -0.380 e.